The number of likely N-dealkylation sites (tertiary alicyclic amines) is 1. The number of nitrogens with zero attached hydrogens (tertiary/aromatic N) is 1. The van der Waals surface area contributed by atoms with Gasteiger partial charge in [0.25, 0.3) is 0 Å². The van der Waals surface area contributed by atoms with Crippen LogP contribution in [0.15, 0.2) is 24.3 Å². The van der Waals surface area contributed by atoms with Crippen molar-refractivity contribution in [2.24, 2.45) is 0 Å². The SMILES string of the molecule is CC[C@@H]1CCCCN1C[C@H](O)COc1cccc(C(=O)OC)c1. The molecule has 0 unspecified atom stereocenters. The lowest BCUT2D eigenvalue weighted by Crippen LogP contribution is -2.44. The fourth-order valence-corrected chi connectivity index (χ4v) is 3.11. The summed E-state index contributed by atoms with van der Waals surface area (Å²) in [6, 6.07) is 7.39. The lowest BCUT2D eigenvalue weighted by molar-refractivity contribution is 0.0387. The maximum atomic E-state index is 11.5. The van der Waals surface area contributed by atoms with Crippen molar-refractivity contribution in [1.82, 2.24) is 4.90 Å². The molecule has 0 amide bonds. The number of esters is 1. The van der Waals surface area contributed by atoms with Gasteiger partial charge >= 0.3 is 5.97 Å². The van der Waals surface area contributed by atoms with Crippen molar-refractivity contribution < 1.29 is 19.4 Å². The second-order valence-corrected chi connectivity index (χ2v) is 6.04. The molecule has 2 rings (SSSR count). The number of carbonyl (C=O) groups is 1. The summed E-state index contributed by atoms with van der Waals surface area (Å²) in [4.78, 5) is 13.9. The van der Waals surface area contributed by atoms with Crippen LogP contribution in [0.25, 0.3) is 0 Å². The Labute approximate surface area is 138 Å². The summed E-state index contributed by atoms with van der Waals surface area (Å²) in [6.45, 7) is 4.10. The Hall–Kier alpha value is -1.59. The molecule has 128 valence electrons. The van der Waals surface area contributed by atoms with Gasteiger partial charge in [-0.05, 0) is 44.0 Å². The van der Waals surface area contributed by atoms with Crippen LogP contribution < -0.4 is 4.74 Å². The first-order chi connectivity index (χ1) is 11.1. The number of methoxy groups -OCH3 is 1. The van der Waals surface area contributed by atoms with Gasteiger partial charge in [-0.2, -0.15) is 0 Å². The molecule has 0 bridgehead atoms. The Balaban J connectivity index is 1.84. The zero-order valence-corrected chi connectivity index (χ0v) is 14.0. The summed E-state index contributed by atoms with van der Waals surface area (Å²) in [7, 11) is 1.35. The van der Waals surface area contributed by atoms with Crippen LogP contribution >= 0.6 is 0 Å². The zero-order chi connectivity index (χ0) is 16.7. The van der Waals surface area contributed by atoms with E-state index in [2.05, 4.69) is 11.8 Å². The van der Waals surface area contributed by atoms with Crippen LogP contribution in [0.1, 0.15) is 43.0 Å². The fourth-order valence-electron chi connectivity index (χ4n) is 3.11. The number of aliphatic hydroxyl groups is 1. The normalized spacial score (nSPS) is 20.0. The van der Waals surface area contributed by atoms with Gasteiger partial charge in [0.2, 0.25) is 0 Å². The largest absolute Gasteiger partial charge is 0.491 e. The first kappa shape index (κ1) is 17.8. The topological polar surface area (TPSA) is 59.0 Å². The molecular formula is C18H27NO4. The van der Waals surface area contributed by atoms with Crippen LogP contribution in [0, 0.1) is 0 Å². The van der Waals surface area contributed by atoms with Gasteiger partial charge in [-0.25, -0.2) is 4.79 Å². The number of rotatable bonds is 7. The predicted octanol–water partition coefficient (Wildman–Crippen LogP) is 2.48. The number of piperidine rings is 1. The highest BCUT2D eigenvalue weighted by molar-refractivity contribution is 5.89. The van der Waals surface area contributed by atoms with Crippen molar-refractivity contribution in [3.8, 4) is 5.75 Å². The van der Waals surface area contributed by atoms with Gasteiger partial charge < -0.3 is 14.6 Å². The van der Waals surface area contributed by atoms with E-state index in [-0.39, 0.29) is 6.61 Å². The molecule has 1 saturated heterocycles. The van der Waals surface area contributed by atoms with Gasteiger partial charge in [0.1, 0.15) is 18.5 Å². The third-order valence-corrected chi connectivity index (χ3v) is 4.36. The molecule has 0 aromatic heterocycles. The Kier molecular flexibility index (Phi) is 6.86. The molecular weight excluding hydrogens is 294 g/mol. The molecule has 1 heterocycles. The minimum Gasteiger partial charge on any atom is -0.491 e. The molecule has 2 atom stereocenters. The van der Waals surface area contributed by atoms with Crippen molar-refractivity contribution in [2.45, 2.75) is 44.8 Å². The Morgan fingerprint density at radius 2 is 2.26 bits per heavy atom. The summed E-state index contributed by atoms with van der Waals surface area (Å²) in [5, 5.41) is 10.2. The molecule has 23 heavy (non-hydrogen) atoms. The van der Waals surface area contributed by atoms with Crippen molar-refractivity contribution in [1.29, 1.82) is 0 Å². The third kappa shape index (κ3) is 5.22. The lowest BCUT2D eigenvalue weighted by Gasteiger charge is -2.36. The van der Waals surface area contributed by atoms with Crippen LogP contribution in [-0.4, -0.2) is 54.9 Å². The number of hydrogen-bond acceptors (Lipinski definition) is 5. The molecule has 1 fully saturated rings. The van der Waals surface area contributed by atoms with E-state index in [0.29, 0.717) is 23.9 Å². The van der Waals surface area contributed by atoms with E-state index in [4.69, 9.17) is 9.47 Å². The maximum absolute atomic E-state index is 11.5. The van der Waals surface area contributed by atoms with E-state index in [1.807, 2.05) is 0 Å². The quantitative estimate of drug-likeness (QED) is 0.782. The highest BCUT2D eigenvalue weighted by Gasteiger charge is 2.23. The summed E-state index contributed by atoms with van der Waals surface area (Å²) >= 11 is 0. The number of benzene rings is 1. The Bertz CT molecular complexity index is 506. The van der Waals surface area contributed by atoms with Crippen molar-refractivity contribution in [2.75, 3.05) is 26.8 Å². The first-order valence-electron chi connectivity index (χ1n) is 8.37. The van der Waals surface area contributed by atoms with E-state index >= 15 is 0 Å². The summed E-state index contributed by atoms with van der Waals surface area (Å²) < 4.78 is 10.3. The van der Waals surface area contributed by atoms with Crippen LogP contribution in [0.2, 0.25) is 0 Å². The van der Waals surface area contributed by atoms with Crippen LogP contribution in [0.5, 0.6) is 5.75 Å². The average Bonchev–Trinajstić information content (AvgIpc) is 2.60. The van der Waals surface area contributed by atoms with E-state index in [9.17, 15) is 9.90 Å². The summed E-state index contributed by atoms with van der Waals surface area (Å²) in [5.41, 5.74) is 0.446. The van der Waals surface area contributed by atoms with Crippen LogP contribution in [-0.2, 0) is 4.74 Å². The van der Waals surface area contributed by atoms with Gasteiger partial charge in [0.15, 0.2) is 0 Å². The number of aliphatic hydroxyl groups excluding tert-OH is 1. The van der Waals surface area contributed by atoms with Crippen molar-refractivity contribution in [3.05, 3.63) is 29.8 Å². The molecule has 1 aliphatic heterocycles. The second-order valence-electron chi connectivity index (χ2n) is 6.04. The van der Waals surface area contributed by atoms with Gasteiger partial charge in [-0.1, -0.05) is 19.4 Å². The summed E-state index contributed by atoms with van der Waals surface area (Å²) in [6.07, 6.45) is 4.27. The number of carbonyl (C=O) groups excluding carboxylic acids is 1. The van der Waals surface area contributed by atoms with Crippen molar-refractivity contribution in [3.63, 3.8) is 0 Å². The first-order valence-corrected chi connectivity index (χ1v) is 8.37. The summed E-state index contributed by atoms with van der Waals surface area (Å²) in [5.74, 6) is 0.174. The van der Waals surface area contributed by atoms with E-state index in [1.54, 1.807) is 24.3 Å². The van der Waals surface area contributed by atoms with Gasteiger partial charge in [0, 0.05) is 12.6 Å². The maximum Gasteiger partial charge on any atom is 0.337 e. The molecule has 1 aromatic rings. The number of ether oxygens (including phenoxy) is 2. The van der Waals surface area contributed by atoms with Crippen LogP contribution in [0.4, 0.5) is 0 Å². The van der Waals surface area contributed by atoms with Gasteiger partial charge in [0.05, 0.1) is 12.7 Å². The molecule has 0 saturated carbocycles. The molecule has 0 radical (unpaired) electrons. The molecule has 5 heteroatoms. The lowest BCUT2D eigenvalue weighted by atomic mass is 10.00. The minimum absolute atomic E-state index is 0.220. The third-order valence-electron chi connectivity index (χ3n) is 4.36. The Morgan fingerprint density at radius 1 is 1.43 bits per heavy atom. The fraction of sp³-hybridized carbons (Fsp3) is 0.611. The second kappa shape index (κ2) is 8.89. The smallest absolute Gasteiger partial charge is 0.337 e. The van der Waals surface area contributed by atoms with E-state index in [1.165, 1.54) is 26.4 Å². The molecule has 0 aliphatic carbocycles. The van der Waals surface area contributed by atoms with Crippen LogP contribution in [0.3, 0.4) is 0 Å². The van der Waals surface area contributed by atoms with Gasteiger partial charge in [-0.15, -0.1) is 0 Å². The molecule has 1 aliphatic rings. The predicted molar refractivity (Wildman–Crippen MR) is 88.8 cm³/mol. The van der Waals surface area contributed by atoms with E-state index in [0.717, 1.165) is 13.0 Å². The van der Waals surface area contributed by atoms with Gasteiger partial charge in [-0.3, -0.25) is 4.90 Å². The molecule has 5 nitrogen and oxygen atoms in total. The van der Waals surface area contributed by atoms with Crippen molar-refractivity contribution >= 4 is 5.97 Å². The minimum atomic E-state index is -0.538. The highest BCUT2D eigenvalue weighted by atomic mass is 16.5. The number of β-amino-alcohol motifs (C(OH)–C–C–N with tert-alkyl or cyclic N) is 1. The monoisotopic (exact) mass is 321 g/mol. The molecule has 1 N–H and O–H groups in total. The molecule has 1 aromatic carbocycles. The van der Waals surface area contributed by atoms with E-state index < -0.39 is 12.1 Å². The zero-order valence-electron chi connectivity index (χ0n) is 14.0. The average molecular weight is 321 g/mol. The number of hydrogen-bond donors (Lipinski definition) is 1. The standard InChI is InChI=1S/C18H27NO4/c1-3-15-8-4-5-10-19(15)12-16(20)13-23-17-9-6-7-14(11-17)18(21)22-2/h6-7,9,11,15-16,20H,3-5,8,10,12-13H2,1-2H3/t15-,16+/m1/s1. The highest BCUT2D eigenvalue weighted by Crippen LogP contribution is 2.20. The Morgan fingerprint density at radius 3 is 3.00 bits per heavy atom. The molecule has 0 spiro atoms.